The lowest BCUT2D eigenvalue weighted by atomic mass is 9.99. The molecule has 0 rings (SSSR count). The van der Waals surface area contributed by atoms with E-state index in [-0.39, 0.29) is 0 Å². The van der Waals surface area contributed by atoms with Crippen LogP contribution in [0.5, 0.6) is 0 Å². The van der Waals surface area contributed by atoms with E-state index in [1.54, 1.807) is 13.4 Å². The molecule has 0 spiro atoms. The van der Waals surface area contributed by atoms with E-state index in [1.807, 2.05) is 13.8 Å². The summed E-state index contributed by atoms with van der Waals surface area (Å²) < 4.78 is 0. The van der Waals surface area contributed by atoms with Crippen molar-refractivity contribution in [3.8, 4) is 0 Å². The predicted molar refractivity (Wildman–Crippen MR) is 67.5 cm³/mol. The summed E-state index contributed by atoms with van der Waals surface area (Å²) in [6, 6.07) is 0. The molecule has 0 aromatic carbocycles. The van der Waals surface area contributed by atoms with E-state index in [4.69, 9.17) is 0 Å². The average Bonchev–Trinajstić information content (AvgIpc) is 2.21. The second-order valence-electron chi connectivity index (χ2n) is 2.98. The van der Waals surface area contributed by atoms with Crippen LogP contribution in [0.15, 0.2) is 22.1 Å². The van der Waals surface area contributed by atoms with E-state index in [2.05, 4.69) is 37.3 Å². The second kappa shape index (κ2) is 10.2. The van der Waals surface area contributed by atoms with Gasteiger partial charge in [0.1, 0.15) is 6.34 Å². The fourth-order valence-electron chi connectivity index (χ4n) is 0.862. The molecule has 0 atom stereocenters. The van der Waals surface area contributed by atoms with Crippen LogP contribution in [0.3, 0.4) is 0 Å². The molecule has 0 N–H and O–H groups in total. The van der Waals surface area contributed by atoms with Crippen LogP contribution in [0.2, 0.25) is 0 Å². The van der Waals surface area contributed by atoms with Crippen molar-refractivity contribution >= 4 is 12.1 Å². The molecule has 0 radical (unpaired) electrons. The summed E-state index contributed by atoms with van der Waals surface area (Å²) in [6.07, 6.45) is 2.50. The maximum Gasteiger partial charge on any atom is 0.109 e. The molecule has 0 aliphatic heterocycles. The molecule has 0 heterocycles. The summed E-state index contributed by atoms with van der Waals surface area (Å²) in [5, 5.41) is 0. The Labute approximate surface area is 88.9 Å². The highest BCUT2D eigenvalue weighted by Crippen LogP contribution is 2.10. The normalized spacial score (nSPS) is 11.5. The summed E-state index contributed by atoms with van der Waals surface area (Å²) in [5.74, 6) is 0.467. The highest BCUT2D eigenvalue weighted by atomic mass is 14.8. The second-order valence-corrected chi connectivity index (χ2v) is 2.98. The molecule has 0 saturated carbocycles. The molecule has 2 nitrogen and oxygen atoms in total. The molecule has 14 heavy (non-hydrogen) atoms. The van der Waals surface area contributed by atoms with Gasteiger partial charge in [0.15, 0.2) is 0 Å². The Morgan fingerprint density at radius 2 is 1.86 bits per heavy atom. The lowest BCUT2D eigenvalue weighted by Crippen LogP contribution is -2.06. The van der Waals surface area contributed by atoms with Crippen molar-refractivity contribution in [3.63, 3.8) is 0 Å². The third-order valence-corrected chi connectivity index (χ3v) is 1.73. The molecule has 0 fully saturated rings. The summed E-state index contributed by atoms with van der Waals surface area (Å²) in [4.78, 5) is 8.02. The zero-order chi connectivity index (χ0) is 11.6. The first-order valence-electron chi connectivity index (χ1n) is 5.29. The predicted octanol–water partition coefficient (Wildman–Crippen LogP) is 3.73. The van der Waals surface area contributed by atoms with Crippen LogP contribution >= 0.6 is 0 Å². The first-order valence-corrected chi connectivity index (χ1v) is 5.29. The molecular weight excluding hydrogens is 172 g/mol. The van der Waals surface area contributed by atoms with Gasteiger partial charge in [-0.05, 0) is 17.9 Å². The Hall–Kier alpha value is -0.920. The Morgan fingerprint density at radius 3 is 2.14 bits per heavy atom. The molecule has 0 bridgehead atoms. The fraction of sp³-hybridized carbons (Fsp3) is 0.667. The maximum absolute atomic E-state index is 4.21. The molecule has 0 aromatic heterocycles. The Morgan fingerprint density at radius 1 is 1.36 bits per heavy atom. The Balaban J connectivity index is 0. The van der Waals surface area contributed by atoms with Crippen LogP contribution in [0.25, 0.3) is 0 Å². The van der Waals surface area contributed by atoms with Crippen LogP contribution in [-0.2, 0) is 0 Å². The first-order chi connectivity index (χ1) is 6.63. The van der Waals surface area contributed by atoms with Crippen molar-refractivity contribution in [2.24, 2.45) is 15.9 Å². The van der Waals surface area contributed by atoms with Crippen LogP contribution in [-0.4, -0.2) is 19.1 Å². The van der Waals surface area contributed by atoms with Gasteiger partial charge in [-0.2, -0.15) is 0 Å². The lowest BCUT2D eigenvalue weighted by molar-refractivity contribution is 0.802. The van der Waals surface area contributed by atoms with Gasteiger partial charge in [-0.25, -0.2) is 4.99 Å². The van der Waals surface area contributed by atoms with Gasteiger partial charge in [0.05, 0.1) is 0 Å². The molecule has 0 amide bonds. The molecule has 82 valence electrons. The van der Waals surface area contributed by atoms with Crippen molar-refractivity contribution in [1.29, 1.82) is 0 Å². The van der Waals surface area contributed by atoms with Gasteiger partial charge in [0.25, 0.3) is 0 Å². The van der Waals surface area contributed by atoms with Crippen molar-refractivity contribution in [2.75, 3.05) is 7.05 Å². The molecule has 0 aliphatic carbocycles. The SMILES string of the molecule is C=C(C(CC)=NC=NC)C(C)C.CC. The fourth-order valence-corrected chi connectivity index (χ4v) is 0.862. The summed E-state index contributed by atoms with van der Waals surface area (Å²) >= 11 is 0. The van der Waals surface area contributed by atoms with Crippen LogP contribution in [0.4, 0.5) is 0 Å². The summed E-state index contributed by atoms with van der Waals surface area (Å²) in [7, 11) is 1.72. The largest absolute Gasteiger partial charge is 0.277 e. The minimum Gasteiger partial charge on any atom is -0.277 e. The van der Waals surface area contributed by atoms with E-state index < -0.39 is 0 Å². The molecule has 2 heteroatoms. The third kappa shape index (κ3) is 6.58. The van der Waals surface area contributed by atoms with Gasteiger partial charge >= 0.3 is 0 Å². The molecule has 0 aliphatic rings. The molecule has 0 saturated heterocycles. The topological polar surface area (TPSA) is 24.7 Å². The molecule has 0 unspecified atom stereocenters. The van der Waals surface area contributed by atoms with Gasteiger partial charge in [-0.15, -0.1) is 0 Å². The van der Waals surface area contributed by atoms with E-state index in [1.165, 1.54) is 0 Å². The number of aliphatic imine (C=N–C) groups is 2. The Kier molecular flexibility index (Phi) is 11.3. The van der Waals surface area contributed by atoms with Crippen LogP contribution in [0, 0.1) is 5.92 Å². The van der Waals surface area contributed by atoms with E-state index in [9.17, 15) is 0 Å². The monoisotopic (exact) mass is 196 g/mol. The number of allylic oxidation sites excluding steroid dienone is 1. The van der Waals surface area contributed by atoms with Gasteiger partial charge < -0.3 is 0 Å². The zero-order valence-electron chi connectivity index (χ0n) is 10.5. The highest BCUT2D eigenvalue weighted by Gasteiger charge is 2.05. The van der Waals surface area contributed by atoms with Crippen molar-refractivity contribution < 1.29 is 0 Å². The number of rotatable bonds is 4. The average molecular weight is 196 g/mol. The van der Waals surface area contributed by atoms with E-state index in [0.717, 1.165) is 17.7 Å². The van der Waals surface area contributed by atoms with Gasteiger partial charge in [-0.1, -0.05) is 41.2 Å². The lowest BCUT2D eigenvalue weighted by Gasteiger charge is -2.09. The number of hydrogen-bond donors (Lipinski definition) is 0. The number of nitrogens with zero attached hydrogens (tertiary/aromatic N) is 2. The quantitative estimate of drug-likeness (QED) is 0.483. The Bertz CT molecular complexity index is 200. The van der Waals surface area contributed by atoms with Crippen LogP contribution in [0.1, 0.15) is 41.0 Å². The van der Waals surface area contributed by atoms with E-state index >= 15 is 0 Å². The molecular formula is C12H24N2. The summed E-state index contributed by atoms with van der Waals surface area (Å²) in [6.45, 7) is 14.3. The van der Waals surface area contributed by atoms with E-state index in [0.29, 0.717) is 5.92 Å². The first kappa shape index (κ1) is 15.5. The minimum atomic E-state index is 0.467. The van der Waals surface area contributed by atoms with Gasteiger partial charge in [0, 0.05) is 12.8 Å². The summed E-state index contributed by atoms with van der Waals surface area (Å²) in [5.41, 5.74) is 2.16. The number of hydrogen-bond acceptors (Lipinski definition) is 1. The highest BCUT2D eigenvalue weighted by molar-refractivity contribution is 6.03. The maximum atomic E-state index is 4.21. The smallest absolute Gasteiger partial charge is 0.109 e. The van der Waals surface area contributed by atoms with Crippen molar-refractivity contribution in [2.45, 2.75) is 41.0 Å². The molecule has 0 aromatic rings. The zero-order valence-corrected chi connectivity index (χ0v) is 10.5. The van der Waals surface area contributed by atoms with Crippen LogP contribution < -0.4 is 0 Å². The standard InChI is InChI=1S/C10H18N2.C2H6/c1-6-10(12-7-11-5)9(4)8(2)3;1-2/h7-8H,4,6H2,1-3,5H3;1-2H3. The van der Waals surface area contributed by atoms with Crippen molar-refractivity contribution in [3.05, 3.63) is 12.2 Å². The van der Waals surface area contributed by atoms with Crippen molar-refractivity contribution in [1.82, 2.24) is 0 Å². The van der Waals surface area contributed by atoms with Gasteiger partial charge in [-0.3, -0.25) is 4.99 Å². The third-order valence-electron chi connectivity index (χ3n) is 1.73. The van der Waals surface area contributed by atoms with Gasteiger partial charge in [0.2, 0.25) is 0 Å². The minimum absolute atomic E-state index is 0.467.